The number of carbonyl (C=O) groups excluding carboxylic acids is 1. The Morgan fingerprint density at radius 3 is 2.56 bits per heavy atom. The van der Waals surface area contributed by atoms with Crippen LogP contribution in [0.2, 0.25) is 0 Å². The summed E-state index contributed by atoms with van der Waals surface area (Å²) >= 11 is 0. The first-order valence-electron chi connectivity index (χ1n) is 7.87. The average molecular weight is 367 g/mol. The van der Waals surface area contributed by atoms with Crippen molar-refractivity contribution >= 4 is 17.7 Å². The Hall–Kier alpha value is -3.86. The third kappa shape index (κ3) is 4.83. The SMILES string of the molecule is CNC(=O)/C(C#N)=C\c1cccc(OC)c1OCc1ccc([N+](=O)[O-])cc1. The van der Waals surface area contributed by atoms with E-state index in [0.717, 1.165) is 0 Å². The molecule has 0 spiro atoms. The molecule has 0 fully saturated rings. The highest BCUT2D eigenvalue weighted by molar-refractivity contribution is 6.01. The molecule has 2 rings (SSSR count). The molecule has 2 aromatic carbocycles. The van der Waals surface area contributed by atoms with Crippen molar-refractivity contribution in [1.82, 2.24) is 5.32 Å². The largest absolute Gasteiger partial charge is 0.493 e. The molecule has 0 bridgehead atoms. The monoisotopic (exact) mass is 367 g/mol. The van der Waals surface area contributed by atoms with Gasteiger partial charge in [0, 0.05) is 24.7 Å². The Bertz CT molecular complexity index is 914. The van der Waals surface area contributed by atoms with Crippen LogP contribution in [0.25, 0.3) is 6.08 Å². The molecule has 0 aromatic heterocycles. The van der Waals surface area contributed by atoms with Gasteiger partial charge in [0.25, 0.3) is 11.6 Å². The maximum atomic E-state index is 11.8. The van der Waals surface area contributed by atoms with Crippen molar-refractivity contribution in [3.63, 3.8) is 0 Å². The quantitative estimate of drug-likeness (QED) is 0.348. The lowest BCUT2D eigenvalue weighted by atomic mass is 10.1. The third-order valence-corrected chi connectivity index (χ3v) is 3.65. The molecule has 0 atom stereocenters. The Morgan fingerprint density at radius 1 is 1.30 bits per heavy atom. The van der Waals surface area contributed by atoms with Gasteiger partial charge in [0.2, 0.25) is 0 Å². The molecule has 0 aliphatic carbocycles. The van der Waals surface area contributed by atoms with Crippen molar-refractivity contribution in [2.24, 2.45) is 0 Å². The number of benzene rings is 2. The summed E-state index contributed by atoms with van der Waals surface area (Å²) in [7, 11) is 2.91. The molecule has 8 heteroatoms. The van der Waals surface area contributed by atoms with Crippen molar-refractivity contribution < 1.29 is 19.2 Å². The van der Waals surface area contributed by atoms with Gasteiger partial charge in [-0.1, -0.05) is 12.1 Å². The van der Waals surface area contributed by atoms with Crippen LogP contribution in [0.1, 0.15) is 11.1 Å². The lowest BCUT2D eigenvalue weighted by Crippen LogP contribution is -2.19. The van der Waals surface area contributed by atoms with Crippen LogP contribution in [0.5, 0.6) is 11.5 Å². The van der Waals surface area contributed by atoms with E-state index < -0.39 is 10.8 Å². The summed E-state index contributed by atoms with van der Waals surface area (Å²) < 4.78 is 11.1. The fraction of sp³-hybridized carbons (Fsp3) is 0.158. The van der Waals surface area contributed by atoms with E-state index in [1.165, 1.54) is 32.4 Å². The second-order valence-corrected chi connectivity index (χ2v) is 5.34. The number of likely N-dealkylation sites (N-methyl/N-ethyl adjacent to an activating group) is 1. The zero-order valence-corrected chi connectivity index (χ0v) is 14.8. The zero-order chi connectivity index (χ0) is 19.8. The van der Waals surface area contributed by atoms with Crippen LogP contribution in [0, 0.1) is 21.4 Å². The molecule has 1 N–H and O–H groups in total. The number of rotatable bonds is 7. The van der Waals surface area contributed by atoms with E-state index in [1.54, 1.807) is 30.3 Å². The summed E-state index contributed by atoms with van der Waals surface area (Å²) in [5.74, 6) is 0.275. The molecule has 0 unspecified atom stereocenters. The molecule has 8 nitrogen and oxygen atoms in total. The number of hydrogen-bond acceptors (Lipinski definition) is 6. The molecule has 0 heterocycles. The van der Waals surface area contributed by atoms with E-state index in [2.05, 4.69) is 5.32 Å². The Balaban J connectivity index is 2.32. The van der Waals surface area contributed by atoms with E-state index in [1.807, 2.05) is 6.07 Å². The molecule has 0 aliphatic rings. The number of para-hydroxylation sites is 1. The number of non-ortho nitro benzene ring substituents is 1. The van der Waals surface area contributed by atoms with Crippen LogP contribution in [0.3, 0.4) is 0 Å². The van der Waals surface area contributed by atoms with E-state index in [-0.39, 0.29) is 17.9 Å². The minimum Gasteiger partial charge on any atom is -0.493 e. The van der Waals surface area contributed by atoms with Crippen LogP contribution in [-0.2, 0) is 11.4 Å². The number of nitrogens with zero attached hydrogens (tertiary/aromatic N) is 2. The number of carbonyl (C=O) groups is 1. The van der Waals surface area contributed by atoms with Gasteiger partial charge >= 0.3 is 0 Å². The summed E-state index contributed by atoms with van der Waals surface area (Å²) in [5.41, 5.74) is 1.12. The topological polar surface area (TPSA) is 114 Å². The summed E-state index contributed by atoms with van der Waals surface area (Å²) in [6.45, 7) is 0.126. The van der Waals surface area contributed by atoms with Gasteiger partial charge in [-0.3, -0.25) is 14.9 Å². The summed E-state index contributed by atoms with van der Waals surface area (Å²) in [4.78, 5) is 22.0. The second-order valence-electron chi connectivity index (χ2n) is 5.34. The summed E-state index contributed by atoms with van der Waals surface area (Å²) in [6, 6.07) is 12.9. The number of nitro benzene ring substituents is 1. The van der Waals surface area contributed by atoms with Crippen LogP contribution in [0.15, 0.2) is 48.0 Å². The summed E-state index contributed by atoms with van der Waals surface area (Å²) in [5, 5.41) is 22.3. The molecule has 27 heavy (non-hydrogen) atoms. The standard InChI is InChI=1S/C19H17N3O5/c1-21-19(23)15(11-20)10-14-4-3-5-17(26-2)18(14)27-12-13-6-8-16(9-7-13)22(24)25/h3-10H,12H2,1-2H3,(H,21,23)/b15-10-. The average Bonchev–Trinajstić information content (AvgIpc) is 2.70. The zero-order valence-electron chi connectivity index (χ0n) is 14.8. The maximum absolute atomic E-state index is 11.8. The first-order chi connectivity index (χ1) is 13.0. The van der Waals surface area contributed by atoms with E-state index in [4.69, 9.17) is 9.47 Å². The molecular weight excluding hydrogens is 350 g/mol. The van der Waals surface area contributed by atoms with Gasteiger partial charge in [-0.05, 0) is 29.8 Å². The number of hydrogen-bond donors (Lipinski definition) is 1. The van der Waals surface area contributed by atoms with Gasteiger partial charge in [-0.15, -0.1) is 0 Å². The van der Waals surface area contributed by atoms with Gasteiger partial charge in [-0.25, -0.2) is 0 Å². The smallest absolute Gasteiger partial charge is 0.269 e. The first-order valence-corrected chi connectivity index (χ1v) is 7.87. The highest BCUT2D eigenvalue weighted by Gasteiger charge is 2.13. The highest BCUT2D eigenvalue weighted by atomic mass is 16.6. The molecule has 0 aliphatic heterocycles. The minimum absolute atomic E-state index is 0.0103. The normalized spacial score (nSPS) is 10.6. The molecule has 0 radical (unpaired) electrons. The van der Waals surface area contributed by atoms with Crippen LogP contribution < -0.4 is 14.8 Å². The van der Waals surface area contributed by atoms with Crippen LogP contribution >= 0.6 is 0 Å². The predicted molar refractivity (Wildman–Crippen MR) is 98.1 cm³/mol. The molecule has 1 amide bonds. The first kappa shape index (κ1) is 19.5. The number of nitriles is 1. The Labute approximate surface area is 155 Å². The van der Waals surface area contributed by atoms with Gasteiger partial charge < -0.3 is 14.8 Å². The van der Waals surface area contributed by atoms with Crippen molar-refractivity contribution in [2.75, 3.05) is 14.2 Å². The fourth-order valence-corrected chi connectivity index (χ4v) is 2.27. The molecular formula is C19H17N3O5. The summed E-state index contributed by atoms with van der Waals surface area (Å²) in [6.07, 6.45) is 1.41. The minimum atomic E-state index is -0.512. The van der Waals surface area contributed by atoms with Gasteiger partial charge in [0.1, 0.15) is 18.2 Å². The lowest BCUT2D eigenvalue weighted by molar-refractivity contribution is -0.384. The lowest BCUT2D eigenvalue weighted by Gasteiger charge is -2.13. The maximum Gasteiger partial charge on any atom is 0.269 e. The number of nitrogens with one attached hydrogen (secondary N) is 1. The van der Waals surface area contributed by atoms with Crippen molar-refractivity contribution in [2.45, 2.75) is 6.61 Å². The third-order valence-electron chi connectivity index (χ3n) is 3.65. The van der Waals surface area contributed by atoms with E-state index >= 15 is 0 Å². The molecule has 0 saturated heterocycles. The Kier molecular flexibility index (Phi) is 6.49. The molecule has 2 aromatic rings. The predicted octanol–water partition coefficient (Wildman–Crippen LogP) is 2.84. The second kappa shape index (κ2) is 9.01. The molecule has 0 saturated carbocycles. The van der Waals surface area contributed by atoms with E-state index in [0.29, 0.717) is 22.6 Å². The highest BCUT2D eigenvalue weighted by Crippen LogP contribution is 2.33. The molecule has 138 valence electrons. The number of ether oxygens (including phenoxy) is 2. The fourth-order valence-electron chi connectivity index (χ4n) is 2.27. The van der Waals surface area contributed by atoms with Gasteiger partial charge in [0.15, 0.2) is 11.5 Å². The Morgan fingerprint density at radius 2 is 2.00 bits per heavy atom. The van der Waals surface area contributed by atoms with Crippen molar-refractivity contribution in [3.05, 3.63) is 69.3 Å². The van der Waals surface area contributed by atoms with Crippen molar-refractivity contribution in [3.8, 4) is 17.6 Å². The van der Waals surface area contributed by atoms with Gasteiger partial charge in [-0.2, -0.15) is 5.26 Å². The number of nitro groups is 1. The van der Waals surface area contributed by atoms with E-state index in [9.17, 15) is 20.2 Å². The number of methoxy groups -OCH3 is 1. The van der Waals surface area contributed by atoms with Crippen LogP contribution in [-0.4, -0.2) is 25.0 Å². The van der Waals surface area contributed by atoms with Gasteiger partial charge in [0.05, 0.1) is 12.0 Å². The van der Waals surface area contributed by atoms with Crippen LogP contribution in [0.4, 0.5) is 5.69 Å². The van der Waals surface area contributed by atoms with Crippen molar-refractivity contribution in [1.29, 1.82) is 5.26 Å². The number of amides is 1.